The zero-order chi connectivity index (χ0) is 24.1. The van der Waals surface area contributed by atoms with Crippen molar-refractivity contribution in [3.63, 3.8) is 0 Å². The van der Waals surface area contributed by atoms with Crippen LogP contribution in [0.2, 0.25) is 5.15 Å². The maximum Gasteiger partial charge on any atom is 0.408 e. The second kappa shape index (κ2) is 8.13. The molecule has 2 aromatic carbocycles. The number of aromatic nitrogens is 3. The van der Waals surface area contributed by atoms with Crippen LogP contribution in [0.1, 0.15) is 39.4 Å². The number of hydrogen-bond acceptors (Lipinski definition) is 3. The van der Waals surface area contributed by atoms with Gasteiger partial charge in [0, 0.05) is 18.1 Å². The number of aromatic amines is 1. The molecular weight excluding hydrogens is 448 g/mol. The number of pyridine rings is 1. The number of likely N-dealkylation sites (tertiary alicyclic amines) is 1. The fraction of sp³-hybridized carbons (Fsp3) is 0.296. The highest BCUT2D eigenvalue weighted by atomic mass is 35.5. The highest BCUT2D eigenvalue weighted by molar-refractivity contribution is 6.30. The largest absolute Gasteiger partial charge is 0.465 e. The number of fused-ring (bicyclic) bond motifs is 1. The van der Waals surface area contributed by atoms with Crippen molar-refractivity contribution in [2.75, 3.05) is 6.54 Å². The van der Waals surface area contributed by atoms with Gasteiger partial charge in [-0.15, -0.1) is 0 Å². The number of carbonyl (C=O) groups is 1. The van der Waals surface area contributed by atoms with Crippen LogP contribution < -0.4 is 0 Å². The number of carboxylic acid groups (broad SMARTS) is 1. The van der Waals surface area contributed by atoms with Gasteiger partial charge < -0.3 is 10.1 Å². The van der Waals surface area contributed by atoms with Crippen molar-refractivity contribution in [2.45, 2.75) is 39.2 Å². The van der Waals surface area contributed by atoms with Crippen molar-refractivity contribution in [2.24, 2.45) is 5.41 Å². The molecule has 0 aliphatic carbocycles. The molecule has 1 aliphatic rings. The summed E-state index contributed by atoms with van der Waals surface area (Å²) < 4.78 is 0. The fourth-order valence-electron chi connectivity index (χ4n) is 5.27. The number of halogens is 1. The van der Waals surface area contributed by atoms with Gasteiger partial charge in [-0.25, -0.2) is 14.8 Å². The lowest BCUT2D eigenvalue weighted by molar-refractivity contribution is 0.0217. The zero-order valence-corrected chi connectivity index (χ0v) is 20.2. The monoisotopic (exact) mass is 474 g/mol. The summed E-state index contributed by atoms with van der Waals surface area (Å²) in [6.45, 7) is 6.76. The summed E-state index contributed by atoms with van der Waals surface area (Å²) in [5, 5.41) is 12.5. The van der Waals surface area contributed by atoms with Gasteiger partial charge in [0.15, 0.2) is 0 Å². The number of hydrogen-bond donors (Lipinski definition) is 2. The first-order chi connectivity index (χ1) is 16.2. The van der Waals surface area contributed by atoms with Gasteiger partial charge in [-0.05, 0) is 52.5 Å². The predicted molar refractivity (Wildman–Crippen MR) is 135 cm³/mol. The third-order valence-corrected chi connectivity index (χ3v) is 7.24. The summed E-state index contributed by atoms with van der Waals surface area (Å²) in [6.07, 6.45) is 4.26. The van der Waals surface area contributed by atoms with Crippen molar-refractivity contribution in [3.05, 3.63) is 71.9 Å². The molecule has 5 rings (SSSR count). The van der Waals surface area contributed by atoms with E-state index in [-0.39, 0.29) is 5.41 Å². The van der Waals surface area contributed by atoms with Crippen LogP contribution in [0.3, 0.4) is 0 Å². The van der Waals surface area contributed by atoms with Gasteiger partial charge in [-0.2, -0.15) is 0 Å². The Morgan fingerprint density at radius 2 is 1.71 bits per heavy atom. The Kier molecular flexibility index (Phi) is 5.36. The standard InChI is InChI=1S/C27H27ClN4O2/c1-26(2,3)27(11-4-12-32(27)25(33)34)24-30-16-22(31-24)18-7-5-17(6-8-18)19-9-10-20-14-23(28)29-15-21(20)13-19/h5-10,13-16H,4,11-12H2,1-3H3,(H,30,31)(H,33,34)/t27-/m1/s1. The molecule has 0 radical (unpaired) electrons. The molecule has 0 spiro atoms. The molecule has 3 heterocycles. The molecule has 1 atom stereocenters. The lowest BCUT2D eigenvalue weighted by Gasteiger charge is -2.45. The molecule has 1 amide bonds. The average molecular weight is 475 g/mol. The number of amides is 1. The normalized spacial score (nSPS) is 18.5. The van der Waals surface area contributed by atoms with E-state index in [1.807, 2.05) is 12.3 Å². The molecule has 6 nitrogen and oxygen atoms in total. The van der Waals surface area contributed by atoms with E-state index >= 15 is 0 Å². The van der Waals surface area contributed by atoms with Gasteiger partial charge >= 0.3 is 6.09 Å². The van der Waals surface area contributed by atoms with Crippen molar-refractivity contribution < 1.29 is 9.90 Å². The van der Waals surface area contributed by atoms with Gasteiger partial charge in [-0.1, -0.05) is 68.8 Å². The number of nitrogens with zero attached hydrogens (tertiary/aromatic N) is 3. The summed E-state index contributed by atoms with van der Waals surface area (Å²) in [4.78, 5) is 25.9. The smallest absolute Gasteiger partial charge is 0.408 e. The third kappa shape index (κ3) is 3.62. The van der Waals surface area contributed by atoms with Crippen molar-refractivity contribution in [3.8, 4) is 22.4 Å². The number of rotatable bonds is 3. The highest BCUT2D eigenvalue weighted by Gasteiger charge is 2.55. The third-order valence-electron chi connectivity index (χ3n) is 7.04. The fourth-order valence-corrected chi connectivity index (χ4v) is 5.44. The van der Waals surface area contributed by atoms with Crippen LogP contribution >= 0.6 is 11.6 Å². The molecule has 2 N–H and O–H groups in total. The predicted octanol–water partition coefficient (Wildman–Crippen LogP) is 6.96. The quantitative estimate of drug-likeness (QED) is 0.314. The van der Waals surface area contributed by atoms with Crippen LogP contribution in [0.5, 0.6) is 0 Å². The molecule has 0 saturated carbocycles. The van der Waals surface area contributed by atoms with E-state index in [9.17, 15) is 9.90 Å². The molecule has 1 fully saturated rings. The van der Waals surface area contributed by atoms with Crippen LogP contribution in [0, 0.1) is 5.41 Å². The summed E-state index contributed by atoms with van der Waals surface area (Å²) in [5.74, 6) is 0.708. The number of nitrogens with one attached hydrogen (secondary N) is 1. The van der Waals surface area contributed by atoms with Crippen LogP contribution in [-0.2, 0) is 5.54 Å². The SMILES string of the molecule is CC(C)(C)[C@]1(c2ncc(-c3ccc(-c4ccc5cc(Cl)ncc5c4)cc3)[nH]2)CCCN1C(=O)O. The van der Waals surface area contributed by atoms with E-state index in [2.05, 4.69) is 78.2 Å². The van der Waals surface area contributed by atoms with E-state index in [4.69, 9.17) is 11.6 Å². The van der Waals surface area contributed by atoms with E-state index in [0.29, 0.717) is 17.5 Å². The van der Waals surface area contributed by atoms with Crippen molar-refractivity contribution in [1.82, 2.24) is 19.9 Å². The summed E-state index contributed by atoms with van der Waals surface area (Å²) in [7, 11) is 0. The molecule has 7 heteroatoms. The van der Waals surface area contributed by atoms with E-state index < -0.39 is 11.6 Å². The first kappa shape index (κ1) is 22.4. The Morgan fingerprint density at radius 3 is 2.41 bits per heavy atom. The zero-order valence-electron chi connectivity index (χ0n) is 19.5. The summed E-state index contributed by atoms with van der Waals surface area (Å²) in [6, 6.07) is 16.4. The second-order valence-electron chi connectivity index (χ2n) is 9.94. The lowest BCUT2D eigenvalue weighted by Crippen LogP contribution is -2.53. The Balaban J connectivity index is 1.47. The van der Waals surface area contributed by atoms with Gasteiger partial charge in [0.05, 0.1) is 11.9 Å². The average Bonchev–Trinajstić information content (AvgIpc) is 3.47. The highest BCUT2D eigenvalue weighted by Crippen LogP contribution is 2.50. The maximum absolute atomic E-state index is 12.1. The van der Waals surface area contributed by atoms with Gasteiger partial charge in [0.2, 0.25) is 0 Å². The van der Waals surface area contributed by atoms with Gasteiger partial charge in [-0.3, -0.25) is 4.90 Å². The molecule has 2 aromatic heterocycles. The minimum Gasteiger partial charge on any atom is -0.465 e. The molecule has 1 saturated heterocycles. The van der Waals surface area contributed by atoms with Gasteiger partial charge in [0.1, 0.15) is 16.5 Å². The summed E-state index contributed by atoms with van der Waals surface area (Å²) in [5.41, 5.74) is 3.08. The van der Waals surface area contributed by atoms with Crippen LogP contribution in [-0.4, -0.2) is 37.6 Å². The number of H-pyrrole nitrogens is 1. The number of imidazole rings is 1. The van der Waals surface area contributed by atoms with Gasteiger partial charge in [0.25, 0.3) is 0 Å². The Bertz CT molecular complexity index is 1370. The summed E-state index contributed by atoms with van der Waals surface area (Å²) >= 11 is 6.00. The number of benzene rings is 2. The van der Waals surface area contributed by atoms with Crippen molar-refractivity contribution >= 4 is 28.5 Å². The van der Waals surface area contributed by atoms with Crippen LogP contribution in [0.15, 0.2) is 60.9 Å². The minimum absolute atomic E-state index is 0.309. The molecule has 0 bridgehead atoms. The first-order valence-electron chi connectivity index (χ1n) is 11.4. The Morgan fingerprint density at radius 1 is 1.00 bits per heavy atom. The van der Waals surface area contributed by atoms with E-state index in [1.54, 1.807) is 11.1 Å². The van der Waals surface area contributed by atoms with Crippen LogP contribution in [0.4, 0.5) is 4.79 Å². The molecule has 174 valence electrons. The van der Waals surface area contributed by atoms with E-state index in [1.165, 1.54) is 0 Å². The molecule has 4 aromatic rings. The topological polar surface area (TPSA) is 82.1 Å². The molecular formula is C27H27ClN4O2. The molecule has 34 heavy (non-hydrogen) atoms. The Hall–Kier alpha value is -3.38. The maximum atomic E-state index is 12.1. The van der Waals surface area contributed by atoms with Crippen molar-refractivity contribution in [1.29, 1.82) is 0 Å². The lowest BCUT2D eigenvalue weighted by atomic mass is 9.71. The molecule has 0 unspecified atom stereocenters. The Labute approximate surface area is 203 Å². The first-order valence-corrected chi connectivity index (χ1v) is 11.8. The minimum atomic E-state index is -0.900. The van der Waals surface area contributed by atoms with E-state index in [0.717, 1.165) is 46.0 Å². The molecule has 1 aliphatic heterocycles. The second-order valence-corrected chi connectivity index (χ2v) is 10.3. The van der Waals surface area contributed by atoms with Crippen LogP contribution in [0.25, 0.3) is 33.2 Å².